The third-order valence-electron chi connectivity index (χ3n) is 3.63. The highest BCUT2D eigenvalue weighted by Crippen LogP contribution is 2.18. The smallest absolute Gasteiger partial charge is 0.248 e. The number of amides is 2. The molecule has 0 N–H and O–H groups in total. The molecule has 1 aliphatic rings. The summed E-state index contributed by atoms with van der Waals surface area (Å²) >= 11 is 0. The summed E-state index contributed by atoms with van der Waals surface area (Å²) in [6.45, 7) is 2.85. The first kappa shape index (κ1) is 15.0. The van der Waals surface area contributed by atoms with Gasteiger partial charge >= 0.3 is 0 Å². The molecule has 1 saturated heterocycles. The number of carbonyl (C=O) groups excluding carboxylic acids is 2. The number of nitrogens with zero attached hydrogens (tertiary/aromatic N) is 3. The molecule has 5 nitrogen and oxygen atoms in total. The first-order chi connectivity index (χ1) is 10.2. The van der Waals surface area contributed by atoms with Crippen LogP contribution >= 0.6 is 0 Å². The molecule has 0 spiro atoms. The van der Waals surface area contributed by atoms with Gasteiger partial charge in [-0.15, -0.1) is 0 Å². The van der Waals surface area contributed by atoms with E-state index in [9.17, 15) is 9.59 Å². The summed E-state index contributed by atoms with van der Waals surface area (Å²) < 4.78 is 0. The lowest BCUT2D eigenvalue weighted by molar-refractivity contribution is -0.145. The molecule has 0 aliphatic carbocycles. The van der Waals surface area contributed by atoms with Crippen molar-refractivity contribution in [1.29, 1.82) is 5.26 Å². The minimum Gasteiger partial charge on any atom is -0.353 e. The Morgan fingerprint density at radius 1 is 1.14 bits per heavy atom. The molecule has 0 unspecified atom stereocenters. The van der Waals surface area contributed by atoms with E-state index in [1.165, 1.54) is 10.5 Å². The largest absolute Gasteiger partial charge is 0.353 e. The van der Waals surface area contributed by atoms with Crippen LogP contribution in [0.4, 0.5) is 5.69 Å². The Labute approximate surface area is 124 Å². The Balaban J connectivity index is 2.02. The van der Waals surface area contributed by atoms with Gasteiger partial charge in [-0.1, -0.05) is 19.1 Å². The molecule has 0 radical (unpaired) electrons. The van der Waals surface area contributed by atoms with Crippen molar-refractivity contribution in [3.63, 3.8) is 0 Å². The summed E-state index contributed by atoms with van der Waals surface area (Å²) in [5.74, 6) is -0.382. The maximum atomic E-state index is 12.1. The highest BCUT2D eigenvalue weighted by molar-refractivity contribution is 6.02. The van der Waals surface area contributed by atoms with Crippen LogP contribution in [0.1, 0.15) is 25.3 Å². The third kappa shape index (κ3) is 3.60. The van der Waals surface area contributed by atoms with Crippen molar-refractivity contribution in [2.45, 2.75) is 26.2 Å². The van der Waals surface area contributed by atoms with Crippen molar-refractivity contribution in [3.05, 3.63) is 29.8 Å². The Morgan fingerprint density at radius 3 is 2.29 bits per heavy atom. The second-order valence-corrected chi connectivity index (χ2v) is 5.08. The maximum Gasteiger partial charge on any atom is 0.248 e. The lowest BCUT2D eigenvalue weighted by Crippen LogP contribution is -2.54. The third-order valence-corrected chi connectivity index (χ3v) is 3.63. The van der Waals surface area contributed by atoms with E-state index in [2.05, 4.69) is 6.92 Å². The summed E-state index contributed by atoms with van der Waals surface area (Å²) in [6.07, 6.45) is 1.86. The van der Waals surface area contributed by atoms with Crippen LogP contribution < -0.4 is 4.90 Å². The highest BCUT2D eigenvalue weighted by atomic mass is 16.2. The number of anilines is 1. The summed E-state index contributed by atoms with van der Waals surface area (Å²) in [4.78, 5) is 27.2. The van der Waals surface area contributed by atoms with E-state index in [4.69, 9.17) is 5.26 Å². The van der Waals surface area contributed by atoms with Gasteiger partial charge in [-0.2, -0.15) is 5.26 Å². The topological polar surface area (TPSA) is 64.4 Å². The van der Waals surface area contributed by atoms with Crippen LogP contribution in [0, 0.1) is 11.3 Å². The maximum absolute atomic E-state index is 12.1. The fraction of sp³-hybridized carbons (Fsp3) is 0.438. The van der Waals surface area contributed by atoms with E-state index in [1.807, 2.05) is 30.3 Å². The minimum absolute atomic E-state index is 0.191. The van der Waals surface area contributed by atoms with Crippen molar-refractivity contribution in [2.75, 3.05) is 24.5 Å². The lowest BCUT2D eigenvalue weighted by atomic mass is 10.1. The Hall–Kier alpha value is -2.35. The van der Waals surface area contributed by atoms with E-state index >= 15 is 0 Å². The zero-order chi connectivity index (χ0) is 15.2. The number of nitriles is 1. The van der Waals surface area contributed by atoms with Crippen molar-refractivity contribution in [2.24, 2.45) is 0 Å². The van der Waals surface area contributed by atoms with E-state index < -0.39 is 0 Å². The Bertz CT molecular complexity index is 542. The van der Waals surface area contributed by atoms with Gasteiger partial charge in [0, 0.05) is 18.7 Å². The van der Waals surface area contributed by atoms with Gasteiger partial charge in [0.05, 0.1) is 19.2 Å². The van der Waals surface area contributed by atoms with Crippen molar-refractivity contribution >= 4 is 17.5 Å². The SMILES string of the molecule is CCc1ccc(N2CC(=O)N(CCCC#N)C(=O)C2)cc1. The molecule has 0 bridgehead atoms. The van der Waals surface area contributed by atoms with Crippen LogP contribution in [0.5, 0.6) is 0 Å². The number of hydrogen-bond donors (Lipinski definition) is 0. The zero-order valence-corrected chi connectivity index (χ0v) is 12.2. The standard InChI is InChI=1S/C16H19N3O2/c1-2-13-5-7-14(8-6-13)18-11-15(20)19(16(21)12-18)10-4-3-9-17/h5-8H,2-4,10-12H2,1H3. The summed E-state index contributed by atoms with van der Waals surface area (Å²) in [5.41, 5.74) is 2.12. The number of imide groups is 1. The predicted molar refractivity (Wildman–Crippen MR) is 79.6 cm³/mol. The monoisotopic (exact) mass is 285 g/mol. The van der Waals surface area contributed by atoms with Gasteiger partial charge in [0.1, 0.15) is 0 Å². The van der Waals surface area contributed by atoms with Gasteiger partial charge in [0.15, 0.2) is 0 Å². The molecule has 5 heteroatoms. The van der Waals surface area contributed by atoms with Gasteiger partial charge in [-0.05, 0) is 30.5 Å². The molecule has 2 amide bonds. The van der Waals surface area contributed by atoms with Crippen LogP contribution in [0.15, 0.2) is 24.3 Å². The zero-order valence-electron chi connectivity index (χ0n) is 12.2. The molecule has 1 heterocycles. The molecular weight excluding hydrogens is 266 g/mol. The molecule has 21 heavy (non-hydrogen) atoms. The fourth-order valence-electron chi connectivity index (χ4n) is 2.38. The molecule has 1 aliphatic heterocycles. The van der Waals surface area contributed by atoms with Crippen LogP contribution in [0.3, 0.4) is 0 Å². The number of rotatable bonds is 5. The average Bonchev–Trinajstić information content (AvgIpc) is 2.50. The Morgan fingerprint density at radius 2 is 1.76 bits per heavy atom. The summed E-state index contributed by atoms with van der Waals surface area (Å²) in [7, 11) is 0. The molecule has 1 fully saturated rings. The lowest BCUT2D eigenvalue weighted by Gasteiger charge is -2.34. The second-order valence-electron chi connectivity index (χ2n) is 5.08. The van der Waals surface area contributed by atoms with Crippen LogP contribution in [-0.4, -0.2) is 36.3 Å². The van der Waals surface area contributed by atoms with Crippen LogP contribution in [-0.2, 0) is 16.0 Å². The summed E-state index contributed by atoms with van der Waals surface area (Å²) in [6, 6.07) is 9.96. The fourth-order valence-corrected chi connectivity index (χ4v) is 2.38. The number of benzene rings is 1. The number of carbonyl (C=O) groups is 2. The van der Waals surface area contributed by atoms with Gasteiger partial charge in [-0.25, -0.2) is 0 Å². The second kappa shape index (κ2) is 6.89. The molecular formula is C16H19N3O2. The van der Waals surface area contributed by atoms with E-state index in [1.54, 1.807) is 4.90 Å². The van der Waals surface area contributed by atoms with E-state index in [0.717, 1.165) is 12.1 Å². The number of hydrogen-bond acceptors (Lipinski definition) is 4. The number of aryl methyl sites for hydroxylation is 1. The van der Waals surface area contributed by atoms with Crippen molar-refractivity contribution < 1.29 is 9.59 Å². The van der Waals surface area contributed by atoms with Gasteiger partial charge in [0.2, 0.25) is 11.8 Å². The quantitative estimate of drug-likeness (QED) is 0.610. The minimum atomic E-state index is -0.191. The van der Waals surface area contributed by atoms with Crippen LogP contribution in [0.2, 0.25) is 0 Å². The Kier molecular flexibility index (Phi) is 4.94. The van der Waals surface area contributed by atoms with Crippen LogP contribution in [0.25, 0.3) is 0 Å². The van der Waals surface area contributed by atoms with Gasteiger partial charge in [-0.3, -0.25) is 14.5 Å². The number of piperazine rings is 1. The molecule has 1 aromatic rings. The van der Waals surface area contributed by atoms with Gasteiger partial charge < -0.3 is 4.90 Å². The number of unbranched alkanes of at least 4 members (excludes halogenated alkanes) is 1. The molecule has 0 atom stereocenters. The van der Waals surface area contributed by atoms with Crippen molar-refractivity contribution in [3.8, 4) is 6.07 Å². The normalized spacial score (nSPS) is 15.2. The first-order valence-corrected chi connectivity index (χ1v) is 7.19. The summed E-state index contributed by atoms with van der Waals surface area (Å²) in [5, 5.41) is 8.51. The molecule has 0 aromatic heterocycles. The average molecular weight is 285 g/mol. The van der Waals surface area contributed by atoms with Crippen molar-refractivity contribution in [1.82, 2.24) is 4.90 Å². The van der Waals surface area contributed by atoms with Gasteiger partial charge in [0.25, 0.3) is 0 Å². The first-order valence-electron chi connectivity index (χ1n) is 7.19. The molecule has 2 rings (SSSR count). The highest BCUT2D eigenvalue weighted by Gasteiger charge is 2.30. The predicted octanol–water partition coefficient (Wildman–Crippen LogP) is 1.73. The molecule has 1 aromatic carbocycles. The molecule has 0 saturated carbocycles. The molecule has 110 valence electrons. The van der Waals surface area contributed by atoms with E-state index in [0.29, 0.717) is 19.4 Å². The van der Waals surface area contributed by atoms with E-state index in [-0.39, 0.29) is 24.9 Å².